The number of benzene rings is 1. The second-order valence-corrected chi connectivity index (χ2v) is 9.21. The summed E-state index contributed by atoms with van der Waals surface area (Å²) >= 11 is 0. The van der Waals surface area contributed by atoms with E-state index in [4.69, 9.17) is 0 Å². The Morgan fingerprint density at radius 2 is 1.62 bits per heavy atom. The first-order valence-electron chi connectivity index (χ1n) is 12.4. The van der Waals surface area contributed by atoms with Gasteiger partial charge in [-0.3, -0.25) is 14.5 Å². The van der Waals surface area contributed by atoms with Crippen LogP contribution in [0.1, 0.15) is 55.5 Å². The first-order valence-corrected chi connectivity index (χ1v) is 12.4. The molecule has 0 aromatic heterocycles. The average molecular weight is 483 g/mol. The number of amides is 2. The molecule has 2 aliphatic rings. The zero-order valence-electron chi connectivity index (χ0n) is 20.2. The van der Waals surface area contributed by atoms with Crippen LogP contribution in [-0.2, 0) is 11.0 Å². The molecule has 2 amide bonds. The van der Waals surface area contributed by atoms with Crippen LogP contribution in [0.2, 0.25) is 0 Å². The second-order valence-electron chi connectivity index (χ2n) is 9.21. The van der Waals surface area contributed by atoms with Crippen molar-refractivity contribution in [1.29, 1.82) is 0 Å². The quantitative estimate of drug-likeness (QED) is 0.586. The molecule has 2 fully saturated rings. The van der Waals surface area contributed by atoms with Gasteiger partial charge in [0.15, 0.2) is 0 Å². The predicted octanol–water partition coefficient (Wildman–Crippen LogP) is 3.48. The van der Waals surface area contributed by atoms with Crippen molar-refractivity contribution < 1.29 is 22.8 Å². The van der Waals surface area contributed by atoms with Gasteiger partial charge >= 0.3 is 6.18 Å². The van der Waals surface area contributed by atoms with Crippen LogP contribution in [0.4, 0.5) is 13.2 Å². The topological polar surface area (TPSA) is 55.9 Å². The van der Waals surface area contributed by atoms with Gasteiger partial charge in [0.05, 0.1) is 11.6 Å². The lowest BCUT2D eigenvalue weighted by molar-refractivity contribution is -0.137. The Hall–Kier alpha value is -2.13. The minimum atomic E-state index is -4.42. The molecule has 34 heavy (non-hydrogen) atoms. The molecule has 1 aromatic rings. The minimum absolute atomic E-state index is 0.0709. The standard InChI is InChI=1S/C25H37F3N4O2/c1-3-30(4-2)14-13-29-23(33)22(19-7-5-6-8-19)31-15-17-32(18-16-31)24(34)20-9-11-21(12-10-20)25(26,27)28/h9-12,19,22H,3-8,13-18H2,1-2H3,(H,29,33). The minimum Gasteiger partial charge on any atom is -0.353 e. The van der Waals surface area contributed by atoms with E-state index in [2.05, 4.69) is 29.0 Å². The van der Waals surface area contributed by atoms with E-state index in [-0.39, 0.29) is 23.4 Å². The second kappa shape index (κ2) is 12.0. The highest BCUT2D eigenvalue weighted by Gasteiger charge is 2.37. The molecule has 1 saturated heterocycles. The van der Waals surface area contributed by atoms with Gasteiger partial charge in [0.25, 0.3) is 5.91 Å². The van der Waals surface area contributed by atoms with Crippen LogP contribution in [0, 0.1) is 5.92 Å². The van der Waals surface area contributed by atoms with E-state index in [1.165, 1.54) is 12.1 Å². The number of hydrogen-bond acceptors (Lipinski definition) is 4. The maximum atomic E-state index is 13.2. The smallest absolute Gasteiger partial charge is 0.353 e. The third kappa shape index (κ3) is 6.72. The Bertz CT molecular complexity index is 797. The van der Waals surface area contributed by atoms with Gasteiger partial charge in [-0.2, -0.15) is 13.2 Å². The van der Waals surface area contributed by atoms with Crippen molar-refractivity contribution in [2.75, 3.05) is 52.4 Å². The third-order valence-electron chi connectivity index (χ3n) is 7.19. The van der Waals surface area contributed by atoms with E-state index in [1.54, 1.807) is 4.90 Å². The monoisotopic (exact) mass is 482 g/mol. The molecule has 9 heteroatoms. The Labute approximate surface area is 200 Å². The van der Waals surface area contributed by atoms with Crippen molar-refractivity contribution in [3.63, 3.8) is 0 Å². The van der Waals surface area contributed by atoms with Crippen molar-refractivity contribution in [2.24, 2.45) is 5.92 Å². The molecule has 1 atom stereocenters. The fourth-order valence-corrected chi connectivity index (χ4v) is 5.12. The van der Waals surface area contributed by atoms with Crippen LogP contribution in [0.5, 0.6) is 0 Å². The molecule has 0 spiro atoms. The SMILES string of the molecule is CCN(CC)CCNC(=O)C(C1CCCC1)N1CCN(C(=O)c2ccc(C(F)(F)F)cc2)CC1. The van der Waals surface area contributed by atoms with E-state index < -0.39 is 11.7 Å². The Balaban J connectivity index is 1.58. The van der Waals surface area contributed by atoms with Crippen molar-refractivity contribution in [3.05, 3.63) is 35.4 Å². The van der Waals surface area contributed by atoms with E-state index in [0.717, 1.165) is 57.5 Å². The van der Waals surface area contributed by atoms with Crippen molar-refractivity contribution >= 4 is 11.8 Å². The molecule has 6 nitrogen and oxygen atoms in total. The maximum Gasteiger partial charge on any atom is 0.416 e. The summed E-state index contributed by atoms with van der Waals surface area (Å²) in [5, 5.41) is 3.14. The number of likely N-dealkylation sites (N-methyl/N-ethyl adjacent to an activating group) is 1. The summed E-state index contributed by atoms with van der Waals surface area (Å²) in [6.45, 7) is 9.64. The van der Waals surface area contributed by atoms with Gasteiger partial charge in [-0.25, -0.2) is 0 Å². The number of nitrogens with zero attached hydrogens (tertiary/aromatic N) is 3. The molecule has 190 valence electrons. The third-order valence-corrected chi connectivity index (χ3v) is 7.19. The number of nitrogens with one attached hydrogen (secondary N) is 1. The average Bonchev–Trinajstić information content (AvgIpc) is 3.36. The summed E-state index contributed by atoms with van der Waals surface area (Å²) in [5.74, 6) is 0.127. The van der Waals surface area contributed by atoms with E-state index in [1.807, 2.05) is 0 Å². The molecule has 1 aromatic carbocycles. The van der Waals surface area contributed by atoms with Gasteiger partial charge in [0.2, 0.25) is 5.91 Å². The maximum absolute atomic E-state index is 13.2. The highest BCUT2D eigenvalue weighted by atomic mass is 19.4. The summed E-state index contributed by atoms with van der Waals surface area (Å²) < 4.78 is 38.4. The Kier molecular flexibility index (Phi) is 9.36. The van der Waals surface area contributed by atoms with Crippen molar-refractivity contribution in [3.8, 4) is 0 Å². The summed E-state index contributed by atoms with van der Waals surface area (Å²) in [4.78, 5) is 32.2. The number of rotatable bonds is 9. The van der Waals surface area contributed by atoms with Gasteiger partial charge in [0, 0.05) is 44.8 Å². The van der Waals surface area contributed by atoms with E-state index >= 15 is 0 Å². The Morgan fingerprint density at radius 3 is 2.15 bits per heavy atom. The lowest BCUT2D eigenvalue weighted by atomic mass is 9.95. The van der Waals surface area contributed by atoms with Crippen LogP contribution in [-0.4, -0.2) is 84.9 Å². The highest BCUT2D eigenvalue weighted by Crippen LogP contribution is 2.32. The number of carbonyl (C=O) groups excluding carboxylic acids is 2. The summed E-state index contributed by atoms with van der Waals surface area (Å²) in [6.07, 6.45) is -0.0629. The number of carbonyl (C=O) groups is 2. The predicted molar refractivity (Wildman–Crippen MR) is 125 cm³/mol. The van der Waals surface area contributed by atoms with E-state index in [0.29, 0.717) is 38.6 Å². The summed E-state index contributed by atoms with van der Waals surface area (Å²) in [7, 11) is 0. The fraction of sp³-hybridized carbons (Fsp3) is 0.680. The molecular weight excluding hydrogens is 445 g/mol. The lowest BCUT2D eigenvalue weighted by Gasteiger charge is -2.41. The van der Waals surface area contributed by atoms with E-state index in [9.17, 15) is 22.8 Å². The number of piperazine rings is 1. The number of hydrogen-bond donors (Lipinski definition) is 1. The molecule has 1 heterocycles. The van der Waals surface area contributed by atoms with Crippen LogP contribution in [0.25, 0.3) is 0 Å². The molecule has 1 N–H and O–H groups in total. The summed E-state index contributed by atoms with van der Waals surface area (Å²) in [5.41, 5.74) is -0.511. The van der Waals surface area contributed by atoms with Gasteiger partial charge in [-0.1, -0.05) is 26.7 Å². The molecule has 0 radical (unpaired) electrons. The van der Waals surface area contributed by atoms with Crippen LogP contribution < -0.4 is 5.32 Å². The Morgan fingerprint density at radius 1 is 1.03 bits per heavy atom. The fourth-order valence-electron chi connectivity index (χ4n) is 5.12. The number of halogens is 3. The molecule has 1 unspecified atom stereocenters. The lowest BCUT2D eigenvalue weighted by Crippen LogP contribution is -2.58. The largest absolute Gasteiger partial charge is 0.416 e. The van der Waals surface area contributed by atoms with Crippen molar-refractivity contribution in [2.45, 2.75) is 51.7 Å². The normalized spacial score (nSPS) is 18.9. The zero-order valence-corrected chi connectivity index (χ0v) is 20.2. The van der Waals surface area contributed by atoms with Gasteiger partial charge < -0.3 is 15.1 Å². The molecule has 0 bridgehead atoms. The van der Waals surface area contributed by atoms with Crippen molar-refractivity contribution in [1.82, 2.24) is 20.0 Å². The van der Waals surface area contributed by atoms with Gasteiger partial charge in [0.1, 0.15) is 0 Å². The van der Waals surface area contributed by atoms with Gasteiger partial charge in [-0.05, 0) is 56.1 Å². The number of alkyl halides is 3. The molecule has 1 saturated carbocycles. The molecule has 3 rings (SSSR count). The van der Waals surface area contributed by atoms with Gasteiger partial charge in [-0.15, -0.1) is 0 Å². The first-order chi connectivity index (χ1) is 16.2. The first kappa shape index (κ1) is 26.5. The highest BCUT2D eigenvalue weighted by molar-refractivity contribution is 5.94. The van der Waals surface area contributed by atoms with Crippen LogP contribution in [0.3, 0.4) is 0 Å². The molecule has 1 aliphatic carbocycles. The van der Waals surface area contributed by atoms with Crippen LogP contribution >= 0.6 is 0 Å². The molecular formula is C25H37F3N4O2. The zero-order chi connectivity index (χ0) is 24.7. The summed E-state index contributed by atoms with van der Waals surface area (Å²) in [6, 6.07) is 4.18. The molecule has 1 aliphatic heterocycles. The van der Waals surface area contributed by atoms with Crippen LogP contribution in [0.15, 0.2) is 24.3 Å².